The number of sulfonamides is 1. The van der Waals surface area contributed by atoms with Crippen LogP contribution in [0.15, 0.2) is 24.3 Å². The Balaban J connectivity index is 1.70. The minimum Gasteiger partial charge on any atom is -0.393 e. The zero-order valence-corrected chi connectivity index (χ0v) is 18.8. The Kier molecular flexibility index (Phi) is 7.20. The first-order valence-electron chi connectivity index (χ1n) is 10.2. The Hall–Kier alpha value is -2.83. The first-order valence-corrected chi connectivity index (χ1v) is 12.1. The third-order valence-electron chi connectivity index (χ3n) is 5.21. The van der Waals surface area contributed by atoms with Crippen molar-refractivity contribution in [3.63, 3.8) is 0 Å². The molecule has 1 aliphatic carbocycles. The van der Waals surface area contributed by atoms with E-state index in [9.17, 15) is 30.8 Å². The molecule has 2 N–H and O–H groups in total. The normalized spacial score (nSPS) is 15.9. The number of nitrogens with one attached hydrogen (secondary N) is 2. The Morgan fingerprint density at radius 1 is 1.27 bits per heavy atom. The Bertz CT molecular complexity index is 1110. The summed E-state index contributed by atoms with van der Waals surface area (Å²) in [4.78, 5) is 19.0. The molecule has 8 nitrogen and oxygen atoms in total. The summed E-state index contributed by atoms with van der Waals surface area (Å²) in [6.45, 7) is 1.20. The van der Waals surface area contributed by atoms with Gasteiger partial charge < -0.3 is 10.2 Å². The average molecular weight is 492 g/mol. The van der Waals surface area contributed by atoms with Crippen molar-refractivity contribution in [2.24, 2.45) is 0 Å². The van der Waals surface area contributed by atoms with Crippen molar-refractivity contribution in [2.45, 2.75) is 57.3 Å². The predicted octanol–water partition coefficient (Wildman–Crippen LogP) is 3.20. The maximum Gasteiger partial charge on any atom is 0.435 e. The molecule has 1 aromatic carbocycles. The molecule has 1 heterocycles. The molecule has 0 aliphatic heterocycles. The van der Waals surface area contributed by atoms with E-state index in [1.807, 2.05) is 4.72 Å². The highest BCUT2D eigenvalue weighted by molar-refractivity contribution is 7.92. The number of carbonyl (C=O) groups is 1. The predicted molar refractivity (Wildman–Crippen MR) is 111 cm³/mol. The van der Waals surface area contributed by atoms with Crippen LogP contribution in [0.2, 0.25) is 0 Å². The minimum atomic E-state index is -4.67. The highest BCUT2D eigenvalue weighted by Crippen LogP contribution is 2.29. The molecule has 0 saturated heterocycles. The van der Waals surface area contributed by atoms with E-state index in [1.54, 1.807) is 0 Å². The number of nitrogens with zero attached hydrogens (tertiary/aromatic N) is 2. The van der Waals surface area contributed by atoms with E-state index in [0.29, 0.717) is 12.8 Å². The molecular formula is C20H24F4N4O4S. The summed E-state index contributed by atoms with van der Waals surface area (Å²) in [5.74, 6) is -2.29. The third kappa shape index (κ3) is 6.59. The summed E-state index contributed by atoms with van der Waals surface area (Å²) in [5, 5.41) is 6.01. The smallest absolute Gasteiger partial charge is 0.393 e. The maximum atomic E-state index is 14.2. The zero-order chi connectivity index (χ0) is 24.4. The van der Waals surface area contributed by atoms with Crippen LogP contribution in [-0.2, 0) is 27.5 Å². The van der Waals surface area contributed by atoms with Crippen LogP contribution in [0.25, 0.3) is 0 Å². The van der Waals surface area contributed by atoms with E-state index in [0.717, 1.165) is 36.1 Å². The summed E-state index contributed by atoms with van der Waals surface area (Å²) >= 11 is 0. The Morgan fingerprint density at radius 3 is 2.52 bits per heavy atom. The number of anilines is 1. The number of halogens is 4. The first-order chi connectivity index (χ1) is 15.3. The number of rotatable bonds is 8. The number of aromatic nitrogens is 2. The van der Waals surface area contributed by atoms with Gasteiger partial charge in [0.2, 0.25) is 15.9 Å². The van der Waals surface area contributed by atoms with Crippen molar-refractivity contribution >= 4 is 21.6 Å². The number of hydrogen-bond acceptors (Lipinski definition) is 5. The molecule has 1 saturated carbocycles. The number of alkyl halides is 3. The van der Waals surface area contributed by atoms with E-state index >= 15 is 0 Å². The molecule has 0 bridgehead atoms. The van der Waals surface area contributed by atoms with Crippen LogP contribution < -0.4 is 14.9 Å². The van der Waals surface area contributed by atoms with E-state index in [2.05, 4.69) is 10.4 Å². The topological polar surface area (TPSA) is 102 Å². The standard InChI is InChI=1S/C20H24F4N4O4S/c1-12(13-7-8-17(16(21)9-13)27-33(2,30)31)19(29)25-11-14-10-18(20(22,23)24)26-28(14)32-15-5-3-4-6-15/h7-10,12,15,27H,3-6,11H2,1-2H3,(H,25,29). The molecule has 1 aliphatic rings. The molecule has 182 valence electrons. The molecule has 1 unspecified atom stereocenters. The lowest BCUT2D eigenvalue weighted by Crippen LogP contribution is -2.31. The van der Waals surface area contributed by atoms with Crippen LogP contribution >= 0.6 is 0 Å². The van der Waals surface area contributed by atoms with Crippen LogP contribution in [0.5, 0.6) is 0 Å². The fraction of sp³-hybridized carbons (Fsp3) is 0.500. The summed E-state index contributed by atoms with van der Waals surface area (Å²) < 4.78 is 78.1. The van der Waals surface area contributed by atoms with Crippen LogP contribution in [0, 0.1) is 5.82 Å². The fourth-order valence-corrected chi connectivity index (χ4v) is 4.02. The average Bonchev–Trinajstić information content (AvgIpc) is 3.36. The quantitative estimate of drug-likeness (QED) is 0.551. The SMILES string of the molecule is CC(C(=O)NCc1cc(C(F)(F)F)nn1OC1CCCC1)c1ccc(NS(C)(=O)=O)c(F)c1. The second-order valence-corrected chi connectivity index (χ2v) is 9.70. The van der Waals surface area contributed by atoms with E-state index in [4.69, 9.17) is 4.84 Å². The summed E-state index contributed by atoms with van der Waals surface area (Å²) in [6, 6.07) is 4.41. The lowest BCUT2D eigenvalue weighted by atomic mass is 10.00. The summed E-state index contributed by atoms with van der Waals surface area (Å²) in [7, 11) is -3.68. The van der Waals surface area contributed by atoms with Gasteiger partial charge in [-0.25, -0.2) is 12.8 Å². The highest BCUT2D eigenvalue weighted by atomic mass is 32.2. The molecule has 3 rings (SSSR count). The monoisotopic (exact) mass is 492 g/mol. The molecular weight excluding hydrogens is 468 g/mol. The van der Waals surface area contributed by atoms with Gasteiger partial charge in [-0.3, -0.25) is 9.52 Å². The molecule has 1 fully saturated rings. The summed E-state index contributed by atoms with van der Waals surface area (Å²) in [6.07, 6.45) is -0.800. The van der Waals surface area contributed by atoms with Gasteiger partial charge in [-0.15, -0.1) is 9.94 Å². The third-order valence-corrected chi connectivity index (χ3v) is 5.81. The molecule has 33 heavy (non-hydrogen) atoms. The van der Waals surface area contributed by atoms with E-state index in [-0.39, 0.29) is 29.6 Å². The first kappa shape index (κ1) is 24.8. The Morgan fingerprint density at radius 2 is 1.94 bits per heavy atom. The number of amides is 1. The van der Waals surface area contributed by atoms with Gasteiger partial charge in [0.05, 0.1) is 30.1 Å². The van der Waals surface area contributed by atoms with Crippen LogP contribution in [-0.4, -0.2) is 36.6 Å². The summed E-state index contributed by atoms with van der Waals surface area (Å²) in [5.41, 5.74) is -1.11. The molecule has 1 amide bonds. The molecule has 1 aromatic heterocycles. The van der Waals surface area contributed by atoms with E-state index in [1.165, 1.54) is 19.1 Å². The fourth-order valence-electron chi connectivity index (χ4n) is 3.45. The number of hydrogen-bond donors (Lipinski definition) is 2. The molecule has 2 aromatic rings. The molecule has 1 atom stereocenters. The second-order valence-electron chi connectivity index (χ2n) is 7.96. The Labute approximate surface area is 188 Å². The highest BCUT2D eigenvalue weighted by Gasteiger charge is 2.36. The molecule has 13 heteroatoms. The zero-order valence-electron chi connectivity index (χ0n) is 17.9. The number of benzene rings is 1. The minimum absolute atomic E-state index is 0.0219. The largest absolute Gasteiger partial charge is 0.435 e. The van der Waals surface area contributed by atoms with Crippen molar-refractivity contribution in [1.82, 2.24) is 15.3 Å². The lowest BCUT2D eigenvalue weighted by Gasteiger charge is -2.16. The van der Waals surface area contributed by atoms with Gasteiger partial charge in [0.15, 0.2) is 5.69 Å². The van der Waals surface area contributed by atoms with Crippen LogP contribution in [0.4, 0.5) is 23.2 Å². The van der Waals surface area contributed by atoms with Gasteiger partial charge in [0.25, 0.3) is 0 Å². The van der Waals surface area contributed by atoms with Gasteiger partial charge in [-0.1, -0.05) is 6.07 Å². The van der Waals surface area contributed by atoms with Crippen molar-refractivity contribution < 1.29 is 35.6 Å². The van der Waals surface area contributed by atoms with Gasteiger partial charge in [0, 0.05) is 0 Å². The van der Waals surface area contributed by atoms with Gasteiger partial charge in [0.1, 0.15) is 11.9 Å². The number of carbonyl (C=O) groups excluding carboxylic acids is 1. The van der Waals surface area contributed by atoms with Gasteiger partial charge in [-0.2, -0.15) is 13.2 Å². The van der Waals surface area contributed by atoms with Crippen LogP contribution in [0.1, 0.15) is 55.5 Å². The molecule has 0 radical (unpaired) electrons. The van der Waals surface area contributed by atoms with Crippen molar-refractivity contribution in [2.75, 3.05) is 11.0 Å². The van der Waals surface area contributed by atoms with Gasteiger partial charge in [-0.05, 0) is 56.4 Å². The second kappa shape index (κ2) is 9.57. The molecule has 0 spiro atoms. The van der Waals surface area contributed by atoms with Crippen molar-refractivity contribution in [1.29, 1.82) is 0 Å². The van der Waals surface area contributed by atoms with Gasteiger partial charge >= 0.3 is 6.18 Å². The maximum absolute atomic E-state index is 14.2. The lowest BCUT2D eigenvalue weighted by molar-refractivity contribution is -0.143. The van der Waals surface area contributed by atoms with E-state index < -0.39 is 39.5 Å². The van der Waals surface area contributed by atoms with Crippen molar-refractivity contribution in [3.05, 3.63) is 47.0 Å². The van der Waals surface area contributed by atoms with Crippen LogP contribution in [0.3, 0.4) is 0 Å². The van der Waals surface area contributed by atoms with Crippen molar-refractivity contribution in [3.8, 4) is 0 Å².